The van der Waals surface area contributed by atoms with Gasteiger partial charge in [0.25, 0.3) is 17.1 Å². The molecule has 1 saturated heterocycles. The van der Waals surface area contributed by atoms with Crippen molar-refractivity contribution in [1.29, 1.82) is 0 Å². The number of benzene rings is 3. The summed E-state index contributed by atoms with van der Waals surface area (Å²) in [5, 5.41) is 16.3. The highest BCUT2D eigenvalue weighted by atomic mass is 32.2. The third kappa shape index (κ3) is 7.15. The Balaban J connectivity index is 1.01. The fraction of sp³-hybridized carbons (Fsp3) is 0.258. The van der Waals surface area contributed by atoms with Crippen LogP contribution in [0.15, 0.2) is 75.4 Å². The average molecular weight is 599 g/mol. The second-order valence-electron chi connectivity index (χ2n) is 9.99. The molecule has 0 radical (unpaired) electrons. The summed E-state index contributed by atoms with van der Waals surface area (Å²) >= 11 is 0.987. The van der Waals surface area contributed by atoms with Gasteiger partial charge in [-0.25, -0.2) is 4.63 Å². The van der Waals surface area contributed by atoms with E-state index in [1.807, 2.05) is 24.3 Å². The molecule has 1 aromatic heterocycles. The molecule has 0 atom stereocenters. The standard InChI is InChI=1S/C31H30N6O5S/c1-2-20-7-9-21(10-8-20)19-26-30(39)37(31(40)43-26)18-6-4-3-5-17-32-29(38)22-11-13-23(14-12-22)33-24-15-16-25(34-41)28-27(24)35-42-36-28/h7-16,19,33H,2-6,17-18H2,1H3,(H,32,38)/b26-19-. The van der Waals surface area contributed by atoms with Crippen molar-refractivity contribution in [1.82, 2.24) is 20.5 Å². The van der Waals surface area contributed by atoms with Gasteiger partial charge in [-0.05, 0) is 100 Å². The van der Waals surface area contributed by atoms with Crippen molar-refractivity contribution in [2.45, 2.75) is 39.0 Å². The van der Waals surface area contributed by atoms with Crippen molar-refractivity contribution in [3.05, 3.63) is 87.2 Å². The van der Waals surface area contributed by atoms with Crippen molar-refractivity contribution in [2.24, 2.45) is 5.18 Å². The lowest BCUT2D eigenvalue weighted by molar-refractivity contribution is -0.122. The number of thioether (sulfide) groups is 1. The van der Waals surface area contributed by atoms with Gasteiger partial charge in [-0.3, -0.25) is 19.3 Å². The van der Waals surface area contributed by atoms with E-state index in [0.29, 0.717) is 46.9 Å². The molecule has 1 fully saturated rings. The van der Waals surface area contributed by atoms with Gasteiger partial charge in [0.2, 0.25) is 0 Å². The monoisotopic (exact) mass is 598 g/mol. The van der Waals surface area contributed by atoms with Crippen LogP contribution < -0.4 is 10.6 Å². The number of nitrogens with one attached hydrogen (secondary N) is 2. The van der Waals surface area contributed by atoms with Crippen LogP contribution in [0, 0.1) is 4.91 Å². The molecule has 12 heteroatoms. The summed E-state index contributed by atoms with van der Waals surface area (Å²) in [7, 11) is 0. The highest BCUT2D eigenvalue weighted by Crippen LogP contribution is 2.33. The zero-order chi connectivity index (χ0) is 30.2. The van der Waals surface area contributed by atoms with Crippen LogP contribution in [0.25, 0.3) is 17.1 Å². The predicted molar refractivity (Wildman–Crippen MR) is 166 cm³/mol. The molecular weight excluding hydrogens is 568 g/mol. The Hall–Kier alpha value is -4.84. The molecule has 0 aliphatic carbocycles. The minimum Gasteiger partial charge on any atom is -0.354 e. The number of nitrogens with zero attached hydrogens (tertiary/aromatic N) is 4. The third-order valence-corrected chi connectivity index (χ3v) is 7.98. The minimum absolute atomic E-state index is 0.139. The molecular formula is C31H30N6O5S. The summed E-state index contributed by atoms with van der Waals surface area (Å²) in [5.74, 6) is -0.412. The zero-order valence-corrected chi connectivity index (χ0v) is 24.4. The number of imide groups is 1. The second-order valence-corrected chi connectivity index (χ2v) is 11.0. The number of rotatable bonds is 13. The molecule has 3 amide bonds. The average Bonchev–Trinajstić information content (AvgIpc) is 3.62. The Kier molecular flexibility index (Phi) is 9.57. The van der Waals surface area contributed by atoms with Crippen molar-refractivity contribution in [2.75, 3.05) is 18.4 Å². The van der Waals surface area contributed by atoms with E-state index in [9.17, 15) is 19.3 Å². The first-order chi connectivity index (χ1) is 21.0. The summed E-state index contributed by atoms with van der Waals surface area (Å²) in [4.78, 5) is 50.4. The van der Waals surface area contributed by atoms with Crippen LogP contribution in [0.3, 0.4) is 0 Å². The molecule has 11 nitrogen and oxygen atoms in total. The number of amides is 3. The molecule has 2 heterocycles. The Bertz CT molecular complexity index is 1670. The van der Waals surface area contributed by atoms with E-state index < -0.39 is 0 Å². The topological polar surface area (TPSA) is 147 Å². The predicted octanol–water partition coefficient (Wildman–Crippen LogP) is 6.95. The Labute approximate surface area is 252 Å². The van der Waals surface area contributed by atoms with Gasteiger partial charge in [-0.1, -0.05) is 44.0 Å². The Morgan fingerprint density at radius 1 is 0.953 bits per heavy atom. The van der Waals surface area contributed by atoms with Gasteiger partial charge in [-0.2, -0.15) is 0 Å². The lowest BCUT2D eigenvalue weighted by Gasteiger charge is -2.12. The van der Waals surface area contributed by atoms with Gasteiger partial charge in [0.15, 0.2) is 11.0 Å². The number of aryl methyl sites for hydroxylation is 1. The smallest absolute Gasteiger partial charge is 0.293 e. The highest BCUT2D eigenvalue weighted by Gasteiger charge is 2.34. The van der Waals surface area contributed by atoms with Gasteiger partial charge in [0.1, 0.15) is 5.69 Å². The number of aromatic nitrogens is 2. The molecule has 0 bridgehead atoms. The van der Waals surface area contributed by atoms with Gasteiger partial charge in [-0.15, -0.1) is 4.91 Å². The van der Waals surface area contributed by atoms with Crippen LogP contribution in [0.4, 0.5) is 21.9 Å². The quantitative estimate of drug-likeness (QED) is 0.0947. The zero-order valence-electron chi connectivity index (χ0n) is 23.5. The van der Waals surface area contributed by atoms with Crippen LogP contribution in [0.1, 0.15) is 54.1 Å². The first kappa shape index (κ1) is 29.6. The lowest BCUT2D eigenvalue weighted by Crippen LogP contribution is -2.29. The van der Waals surface area contributed by atoms with Crippen LogP contribution in [-0.4, -0.2) is 45.4 Å². The minimum atomic E-state index is -0.236. The van der Waals surface area contributed by atoms with Crippen LogP contribution >= 0.6 is 11.8 Å². The summed E-state index contributed by atoms with van der Waals surface area (Å²) in [5.41, 5.74) is 4.74. The molecule has 0 unspecified atom stereocenters. The number of anilines is 2. The van der Waals surface area contributed by atoms with E-state index in [1.165, 1.54) is 16.5 Å². The molecule has 43 heavy (non-hydrogen) atoms. The molecule has 0 spiro atoms. The number of hydrogen-bond acceptors (Lipinski definition) is 10. The van der Waals surface area contributed by atoms with Gasteiger partial charge in [0, 0.05) is 24.3 Å². The first-order valence-electron chi connectivity index (χ1n) is 14.0. The summed E-state index contributed by atoms with van der Waals surface area (Å²) in [6, 6.07) is 18.1. The number of fused-ring (bicyclic) bond motifs is 1. The number of nitroso groups, excluding NO2 is 1. The van der Waals surface area contributed by atoms with E-state index in [4.69, 9.17) is 4.63 Å². The Morgan fingerprint density at radius 2 is 1.70 bits per heavy atom. The molecule has 2 N–H and O–H groups in total. The number of carbonyl (C=O) groups excluding carboxylic acids is 3. The van der Waals surface area contributed by atoms with Crippen LogP contribution in [0.2, 0.25) is 0 Å². The summed E-state index contributed by atoms with van der Waals surface area (Å²) in [6.45, 7) is 3.00. The molecule has 3 aromatic carbocycles. The Morgan fingerprint density at radius 3 is 2.44 bits per heavy atom. The van der Waals surface area contributed by atoms with E-state index in [2.05, 4.69) is 33.0 Å². The largest absolute Gasteiger partial charge is 0.354 e. The lowest BCUT2D eigenvalue weighted by atomic mass is 10.1. The molecule has 220 valence electrons. The number of hydrogen-bond donors (Lipinski definition) is 2. The molecule has 4 aromatic rings. The number of unbranched alkanes of at least 4 members (excludes halogenated alkanes) is 3. The van der Waals surface area contributed by atoms with Crippen LogP contribution in [-0.2, 0) is 11.2 Å². The SMILES string of the molecule is CCc1ccc(/C=C2\SC(=O)N(CCCCCCNC(=O)c3ccc(Nc4ccc(N=O)c5nonc45)cc3)C2=O)cc1. The van der Waals surface area contributed by atoms with Crippen molar-refractivity contribution >= 4 is 63.0 Å². The van der Waals surface area contributed by atoms with Crippen molar-refractivity contribution < 1.29 is 19.0 Å². The van der Waals surface area contributed by atoms with Gasteiger partial charge < -0.3 is 10.6 Å². The molecule has 0 saturated carbocycles. The first-order valence-corrected chi connectivity index (χ1v) is 14.9. The maximum absolute atomic E-state index is 12.7. The van der Waals surface area contributed by atoms with Crippen LogP contribution in [0.5, 0.6) is 0 Å². The second kappa shape index (κ2) is 13.9. The van der Waals surface area contributed by atoms with E-state index in [1.54, 1.807) is 36.4 Å². The highest BCUT2D eigenvalue weighted by molar-refractivity contribution is 8.18. The molecule has 1 aliphatic heterocycles. The fourth-order valence-electron chi connectivity index (χ4n) is 4.63. The third-order valence-electron chi connectivity index (χ3n) is 7.07. The van der Waals surface area contributed by atoms with E-state index >= 15 is 0 Å². The maximum Gasteiger partial charge on any atom is 0.293 e. The molecule has 1 aliphatic rings. The maximum atomic E-state index is 12.7. The van der Waals surface area contributed by atoms with Crippen molar-refractivity contribution in [3.63, 3.8) is 0 Å². The fourth-order valence-corrected chi connectivity index (χ4v) is 5.50. The number of carbonyl (C=O) groups is 3. The summed E-state index contributed by atoms with van der Waals surface area (Å²) < 4.78 is 4.74. The van der Waals surface area contributed by atoms with E-state index in [0.717, 1.165) is 43.0 Å². The summed E-state index contributed by atoms with van der Waals surface area (Å²) in [6.07, 6.45) is 5.93. The normalized spacial score (nSPS) is 14.1. The van der Waals surface area contributed by atoms with Gasteiger partial charge >= 0.3 is 0 Å². The van der Waals surface area contributed by atoms with E-state index in [-0.39, 0.29) is 28.3 Å². The molecule has 5 rings (SSSR count). The van der Waals surface area contributed by atoms with Gasteiger partial charge in [0.05, 0.1) is 10.6 Å². The van der Waals surface area contributed by atoms with Crippen molar-refractivity contribution in [3.8, 4) is 0 Å².